The summed E-state index contributed by atoms with van der Waals surface area (Å²) >= 11 is 0. The van der Waals surface area contributed by atoms with Crippen molar-refractivity contribution >= 4 is 16.6 Å². The summed E-state index contributed by atoms with van der Waals surface area (Å²) in [5.41, 5.74) is 8.25. The lowest BCUT2D eigenvalue weighted by Gasteiger charge is -2.35. The second-order valence-electron chi connectivity index (χ2n) is 12.8. The highest BCUT2D eigenvalue weighted by atomic mass is 16.1. The number of H-pyrrole nitrogens is 1. The van der Waals surface area contributed by atoms with Crippen LogP contribution in [-0.4, -0.2) is 54.0 Å². The van der Waals surface area contributed by atoms with E-state index < -0.39 is 0 Å². The van der Waals surface area contributed by atoms with E-state index in [1.807, 2.05) is 36.7 Å². The fourth-order valence-electron chi connectivity index (χ4n) is 7.78. The summed E-state index contributed by atoms with van der Waals surface area (Å²) in [6, 6.07) is 8.32. The van der Waals surface area contributed by atoms with E-state index in [0.29, 0.717) is 23.8 Å². The predicted octanol–water partition coefficient (Wildman–Crippen LogP) is 5.09. The molecule has 1 N–H and O–H groups in total. The first-order valence-electron chi connectivity index (χ1n) is 15.3. The Balaban J connectivity index is 0.922. The third kappa shape index (κ3) is 3.96. The summed E-state index contributed by atoms with van der Waals surface area (Å²) in [7, 11) is 0. The normalized spacial score (nSPS) is 28.1. The van der Waals surface area contributed by atoms with Crippen LogP contribution in [0.25, 0.3) is 27.9 Å². The van der Waals surface area contributed by atoms with Crippen LogP contribution in [0.5, 0.6) is 0 Å². The van der Waals surface area contributed by atoms with E-state index in [2.05, 4.69) is 54.8 Å². The molecule has 9 rings (SSSR count). The molecule has 0 radical (unpaired) electrons. The zero-order valence-corrected chi connectivity index (χ0v) is 23.5. The van der Waals surface area contributed by atoms with Crippen molar-refractivity contribution in [2.75, 3.05) is 19.6 Å². The van der Waals surface area contributed by atoms with Crippen LogP contribution in [0.4, 0.5) is 0 Å². The smallest absolute Gasteiger partial charge is 0.309 e. The molecular weight excluding hydrogens is 522 g/mol. The molecule has 4 unspecified atom stereocenters. The highest BCUT2D eigenvalue weighted by molar-refractivity contribution is 5.87. The van der Waals surface area contributed by atoms with Gasteiger partial charge in [-0.1, -0.05) is 42.5 Å². The zero-order valence-electron chi connectivity index (χ0n) is 23.5. The number of fused-ring (bicyclic) bond motifs is 5. The number of hydrogen-bond acceptors (Lipinski definition) is 6. The van der Waals surface area contributed by atoms with Gasteiger partial charge in [0.05, 0.1) is 16.7 Å². The van der Waals surface area contributed by atoms with Gasteiger partial charge < -0.3 is 9.88 Å². The van der Waals surface area contributed by atoms with Gasteiger partial charge in [0.15, 0.2) is 0 Å². The summed E-state index contributed by atoms with van der Waals surface area (Å²) in [6.45, 7) is 3.14. The molecule has 0 bridgehead atoms. The number of rotatable bonds is 5. The average Bonchev–Trinajstić information content (AvgIpc) is 3.93. The molecule has 3 aromatic heterocycles. The third-order valence-electron chi connectivity index (χ3n) is 10.2. The number of para-hydroxylation sites is 2. The van der Waals surface area contributed by atoms with Crippen molar-refractivity contribution in [3.8, 4) is 11.3 Å². The second-order valence-corrected chi connectivity index (χ2v) is 12.8. The average molecular weight is 556 g/mol. The number of nitrogens with one attached hydrogen (secondary N) is 1. The standard InChI is InChI=1S/C34H33N7O/c42-33-39-32-26-15-21(26)4-3-7-29(32)41(33)25-9-12-40(13-10-25)19-34-11-8-22(14-24(34)16-34)30-31(23-17-35-20-36-18-23)38-28-6-2-1-5-27(28)37-30/h1-6,8,11,14,17-18,20-21,24-26H,7,9-10,12-13,15-16,19H2,(H,39,42). The minimum absolute atomic E-state index is 0.103. The molecule has 4 aliphatic carbocycles. The van der Waals surface area contributed by atoms with Crippen LogP contribution in [0.3, 0.4) is 0 Å². The van der Waals surface area contributed by atoms with Crippen LogP contribution in [-0.2, 0) is 6.42 Å². The quantitative estimate of drug-likeness (QED) is 0.345. The van der Waals surface area contributed by atoms with Crippen LogP contribution in [0.2, 0.25) is 0 Å². The van der Waals surface area contributed by atoms with Gasteiger partial charge >= 0.3 is 5.69 Å². The van der Waals surface area contributed by atoms with Crippen LogP contribution in [0, 0.1) is 17.3 Å². The lowest BCUT2D eigenvalue weighted by molar-refractivity contribution is 0.162. The molecule has 4 aromatic rings. The third-order valence-corrected chi connectivity index (χ3v) is 10.2. The van der Waals surface area contributed by atoms with Gasteiger partial charge in [0.2, 0.25) is 0 Å². The topological polar surface area (TPSA) is 92.6 Å². The summed E-state index contributed by atoms with van der Waals surface area (Å²) in [6.07, 6.45) is 22.2. The van der Waals surface area contributed by atoms with Gasteiger partial charge in [-0.3, -0.25) is 4.57 Å². The van der Waals surface area contributed by atoms with Gasteiger partial charge in [0.1, 0.15) is 12.0 Å². The van der Waals surface area contributed by atoms with E-state index in [0.717, 1.165) is 78.9 Å². The Hall–Kier alpha value is -4.17. The minimum Gasteiger partial charge on any atom is -0.309 e. The molecule has 8 heteroatoms. The Kier molecular flexibility index (Phi) is 5.33. The fraction of sp³-hybridized carbons (Fsp3) is 0.382. The molecule has 4 atom stereocenters. The molecule has 3 fully saturated rings. The van der Waals surface area contributed by atoms with Crippen molar-refractivity contribution in [1.29, 1.82) is 0 Å². The van der Waals surface area contributed by atoms with Crippen molar-refractivity contribution < 1.29 is 0 Å². The Morgan fingerprint density at radius 3 is 2.60 bits per heavy atom. The largest absolute Gasteiger partial charge is 0.326 e. The highest BCUT2D eigenvalue weighted by Crippen LogP contribution is 2.59. The predicted molar refractivity (Wildman–Crippen MR) is 162 cm³/mol. The Morgan fingerprint density at radius 2 is 1.81 bits per heavy atom. The molecular formula is C34H33N7O. The number of allylic oxidation sites excluding steroid dienone is 5. The maximum atomic E-state index is 13.0. The van der Waals surface area contributed by atoms with Gasteiger partial charge in [-0.15, -0.1) is 0 Å². The number of imidazole rings is 1. The molecule has 210 valence electrons. The van der Waals surface area contributed by atoms with Crippen molar-refractivity contribution in [3.63, 3.8) is 0 Å². The van der Waals surface area contributed by atoms with E-state index in [1.54, 1.807) is 6.33 Å². The number of benzene rings is 1. The summed E-state index contributed by atoms with van der Waals surface area (Å²) < 4.78 is 2.12. The fourth-order valence-corrected chi connectivity index (χ4v) is 7.78. The number of likely N-dealkylation sites (tertiary alicyclic amines) is 1. The maximum Gasteiger partial charge on any atom is 0.326 e. The minimum atomic E-state index is 0.103. The number of piperidine rings is 1. The van der Waals surface area contributed by atoms with Crippen molar-refractivity contribution in [1.82, 2.24) is 34.4 Å². The monoisotopic (exact) mass is 555 g/mol. The Labute approximate surface area is 244 Å². The Morgan fingerprint density at radius 1 is 1.02 bits per heavy atom. The van der Waals surface area contributed by atoms with E-state index in [9.17, 15) is 4.79 Å². The molecule has 1 aromatic carbocycles. The van der Waals surface area contributed by atoms with Crippen LogP contribution in [0.1, 0.15) is 54.7 Å². The zero-order chi connectivity index (χ0) is 27.8. The lowest BCUT2D eigenvalue weighted by Crippen LogP contribution is -2.40. The molecule has 1 saturated heterocycles. The molecule has 5 aliphatic rings. The number of aromatic amines is 1. The molecule has 8 nitrogen and oxygen atoms in total. The van der Waals surface area contributed by atoms with Gasteiger partial charge in [0, 0.05) is 72.8 Å². The van der Waals surface area contributed by atoms with Gasteiger partial charge in [-0.25, -0.2) is 24.7 Å². The summed E-state index contributed by atoms with van der Waals surface area (Å²) in [4.78, 5) is 37.4. The Bertz CT molecular complexity index is 1860. The summed E-state index contributed by atoms with van der Waals surface area (Å²) in [5.74, 6) is 1.67. The first-order chi connectivity index (χ1) is 20.6. The number of nitrogens with zero attached hydrogens (tertiary/aromatic N) is 6. The second kappa shape index (κ2) is 9.16. The highest BCUT2D eigenvalue weighted by Gasteiger charge is 2.53. The maximum absolute atomic E-state index is 13.0. The van der Waals surface area contributed by atoms with Crippen LogP contribution >= 0.6 is 0 Å². The van der Waals surface area contributed by atoms with E-state index in [4.69, 9.17) is 9.97 Å². The van der Waals surface area contributed by atoms with E-state index in [-0.39, 0.29) is 11.1 Å². The van der Waals surface area contributed by atoms with Crippen molar-refractivity contribution in [2.24, 2.45) is 17.3 Å². The summed E-state index contributed by atoms with van der Waals surface area (Å²) in [5, 5.41) is 0. The molecule has 2 saturated carbocycles. The van der Waals surface area contributed by atoms with Gasteiger partial charge in [-0.05, 0) is 55.2 Å². The number of hydrogen-bond donors (Lipinski definition) is 1. The van der Waals surface area contributed by atoms with Crippen molar-refractivity contribution in [2.45, 2.75) is 44.1 Å². The first-order valence-corrected chi connectivity index (χ1v) is 15.3. The van der Waals surface area contributed by atoms with Crippen molar-refractivity contribution in [3.05, 3.63) is 101 Å². The first kappa shape index (κ1) is 24.4. The molecule has 0 amide bonds. The van der Waals surface area contributed by atoms with Crippen LogP contribution in [0.15, 0.2) is 78.2 Å². The lowest BCUT2D eigenvalue weighted by atomic mass is 9.91. The molecule has 0 spiro atoms. The van der Waals surface area contributed by atoms with E-state index in [1.165, 1.54) is 17.8 Å². The SMILES string of the molecule is O=c1[nH]c2c(n1C1CCN(CC34C=CC(c5nc6ccccc6nc5-c5cncnc5)=CC3C4)CC1)CC=CC1CC21. The van der Waals surface area contributed by atoms with Gasteiger partial charge in [-0.2, -0.15) is 0 Å². The van der Waals surface area contributed by atoms with E-state index >= 15 is 0 Å². The van der Waals surface area contributed by atoms with Crippen LogP contribution < -0.4 is 5.69 Å². The molecule has 4 heterocycles. The molecule has 42 heavy (non-hydrogen) atoms. The molecule has 1 aliphatic heterocycles. The van der Waals surface area contributed by atoms with Gasteiger partial charge in [0.25, 0.3) is 0 Å². The number of aromatic nitrogens is 6.